The van der Waals surface area contributed by atoms with Gasteiger partial charge in [0, 0.05) is 17.8 Å². The summed E-state index contributed by atoms with van der Waals surface area (Å²) in [6.07, 6.45) is 1.64. The van der Waals surface area contributed by atoms with Gasteiger partial charge in [-0.3, -0.25) is 4.90 Å². The first-order valence-electron chi connectivity index (χ1n) is 9.13. The predicted molar refractivity (Wildman–Crippen MR) is 107 cm³/mol. The largest absolute Gasteiger partial charge is 0.334 e. The Hall–Kier alpha value is -3.74. The second kappa shape index (κ2) is 7.71. The number of carbonyl (C=O) groups excluding carboxylic acids is 1. The smallest absolute Gasteiger partial charge is 0.322 e. The van der Waals surface area contributed by atoms with E-state index in [9.17, 15) is 9.18 Å². The third-order valence-corrected chi connectivity index (χ3v) is 4.80. The molecule has 0 bridgehead atoms. The van der Waals surface area contributed by atoms with E-state index >= 15 is 0 Å². The van der Waals surface area contributed by atoms with E-state index in [0.717, 1.165) is 5.56 Å². The highest BCUT2D eigenvalue weighted by Crippen LogP contribution is 2.37. The van der Waals surface area contributed by atoms with Gasteiger partial charge in [-0.2, -0.15) is 4.98 Å². The molecule has 1 aliphatic rings. The van der Waals surface area contributed by atoms with Crippen LogP contribution < -0.4 is 5.32 Å². The lowest BCUT2D eigenvalue weighted by Gasteiger charge is -2.34. The van der Waals surface area contributed by atoms with Gasteiger partial charge in [-0.05, 0) is 24.6 Å². The molecule has 2 amide bonds. The maximum absolute atomic E-state index is 13.4. The normalized spacial score (nSPS) is 16.7. The number of carbonyl (C=O) groups is 1. The first-order chi connectivity index (χ1) is 14.1. The van der Waals surface area contributed by atoms with E-state index < -0.39 is 6.04 Å². The van der Waals surface area contributed by atoms with E-state index in [1.54, 1.807) is 23.1 Å². The summed E-state index contributed by atoms with van der Waals surface area (Å²) < 4.78 is 19.0. The first kappa shape index (κ1) is 18.6. The number of amides is 2. The summed E-state index contributed by atoms with van der Waals surface area (Å²) in [4.78, 5) is 18.7. The molecule has 0 radical (unpaired) electrons. The maximum atomic E-state index is 13.4. The Bertz CT molecular complexity index is 1070. The minimum atomic E-state index is -0.548. The van der Waals surface area contributed by atoms with Gasteiger partial charge >= 0.3 is 6.03 Å². The molecule has 4 rings (SSSR count). The number of hydrogen-bond acceptors (Lipinski definition) is 4. The molecular weight excluding hydrogens is 371 g/mol. The van der Waals surface area contributed by atoms with Crippen LogP contribution in [-0.2, 0) is 0 Å². The molecular formula is C22H19FN4O2. The van der Waals surface area contributed by atoms with Crippen LogP contribution in [0.25, 0.3) is 17.0 Å². The molecule has 0 aliphatic carbocycles. The van der Waals surface area contributed by atoms with Gasteiger partial charge in [-0.25, -0.2) is 9.18 Å². The minimum absolute atomic E-state index is 0.275. The Morgan fingerprint density at radius 3 is 2.62 bits per heavy atom. The molecule has 29 heavy (non-hydrogen) atoms. The van der Waals surface area contributed by atoms with Gasteiger partial charge in [0.1, 0.15) is 5.82 Å². The molecule has 0 saturated carbocycles. The van der Waals surface area contributed by atoms with Gasteiger partial charge in [0.2, 0.25) is 5.82 Å². The number of halogens is 1. The lowest BCUT2D eigenvalue weighted by atomic mass is 9.94. The fourth-order valence-corrected chi connectivity index (χ4v) is 3.35. The quantitative estimate of drug-likeness (QED) is 0.649. The topological polar surface area (TPSA) is 71.3 Å². The van der Waals surface area contributed by atoms with Crippen molar-refractivity contribution in [2.75, 3.05) is 6.54 Å². The number of aromatic nitrogens is 2. The molecule has 146 valence electrons. The van der Waals surface area contributed by atoms with E-state index in [-0.39, 0.29) is 11.8 Å². The van der Waals surface area contributed by atoms with Crippen LogP contribution in [0.3, 0.4) is 0 Å². The van der Waals surface area contributed by atoms with Crippen molar-refractivity contribution in [1.29, 1.82) is 0 Å². The third kappa shape index (κ3) is 3.54. The third-order valence-electron chi connectivity index (χ3n) is 4.80. The Morgan fingerprint density at radius 1 is 1.21 bits per heavy atom. The van der Waals surface area contributed by atoms with Crippen LogP contribution in [0.2, 0.25) is 0 Å². The van der Waals surface area contributed by atoms with Crippen LogP contribution in [0.5, 0.6) is 0 Å². The van der Waals surface area contributed by atoms with E-state index in [1.807, 2.05) is 37.3 Å². The standard InChI is InChI=1S/C22H19FN4O2/c1-3-13-27-14(2)18(19(24-22(27)28)15-9-11-17(23)12-10-15)21-25-20(26-29-21)16-7-5-4-6-8-16/h3-12,19H,1,13H2,2H3,(H,24,28). The van der Waals surface area contributed by atoms with E-state index in [0.29, 0.717) is 35.1 Å². The first-order valence-corrected chi connectivity index (χ1v) is 9.13. The van der Waals surface area contributed by atoms with Gasteiger partial charge < -0.3 is 9.84 Å². The fraction of sp³-hybridized carbons (Fsp3) is 0.136. The number of benzene rings is 2. The van der Waals surface area contributed by atoms with Gasteiger partial charge in [-0.15, -0.1) is 6.58 Å². The van der Waals surface area contributed by atoms with Crippen LogP contribution in [0.4, 0.5) is 9.18 Å². The number of urea groups is 1. The molecule has 3 aromatic rings. The van der Waals surface area contributed by atoms with Gasteiger partial charge in [0.15, 0.2) is 0 Å². The molecule has 1 aromatic heterocycles. The molecule has 2 heterocycles. The second-order valence-corrected chi connectivity index (χ2v) is 6.62. The zero-order valence-corrected chi connectivity index (χ0v) is 15.8. The van der Waals surface area contributed by atoms with Crippen LogP contribution in [0, 0.1) is 5.82 Å². The summed E-state index contributed by atoms with van der Waals surface area (Å²) in [6.45, 7) is 5.87. The average molecular weight is 390 g/mol. The van der Waals surface area contributed by atoms with Crippen molar-refractivity contribution >= 4 is 11.6 Å². The molecule has 6 nitrogen and oxygen atoms in total. The number of hydrogen-bond donors (Lipinski definition) is 1. The van der Waals surface area contributed by atoms with E-state index in [2.05, 4.69) is 22.0 Å². The van der Waals surface area contributed by atoms with Crippen molar-refractivity contribution < 1.29 is 13.7 Å². The summed E-state index contributed by atoms with van der Waals surface area (Å²) in [7, 11) is 0. The molecule has 0 spiro atoms. The Labute approximate surface area is 167 Å². The van der Waals surface area contributed by atoms with Gasteiger partial charge in [0.25, 0.3) is 5.89 Å². The molecule has 7 heteroatoms. The molecule has 0 saturated heterocycles. The van der Waals surface area contributed by atoms with Crippen molar-refractivity contribution in [3.8, 4) is 11.4 Å². The van der Waals surface area contributed by atoms with Crippen molar-refractivity contribution in [2.24, 2.45) is 0 Å². The summed E-state index contributed by atoms with van der Waals surface area (Å²) in [5.74, 6) is 0.395. The Balaban J connectivity index is 1.82. The predicted octanol–water partition coefficient (Wildman–Crippen LogP) is 4.56. The Kier molecular flexibility index (Phi) is 4.95. The van der Waals surface area contributed by atoms with Crippen molar-refractivity contribution in [3.63, 3.8) is 0 Å². The van der Waals surface area contributed by atoms with Crippen LogP contribution >= 0.6 is 0 Å². The SMILES string of the molecule is C=CCN1C(=O)NC(c2ccc(F)cc2)C(c2nc(-c3ccccc3)no2)=C1C. The fourth-order valence-electron chi connectivity index (χ4n) is 3.35. The lowest BCUT2D eigenvalue weighted by molar-refractivity contribution is 0.209. The van der Waals surface area contributed by atoms with Crippen molar-refractivity contribution in [1.82, 2.24) is 20.4 Å². The average Bonchev–Trinajstić information content (AvgIpc) is 3.22. The van der Waals surface area contributed by atoms with Crippen LogP contribution in [0.1, 0.15) is 24.4 Å². The molecule has 1 atom stereocenters. The van der Waals surface area contributed by atoms with Gasteiger partial charge in [0.05, 0.1) is 11.6 Å². The highest BCUT2D eigenvalue weighted by atomic mass is 19.1. The monoisotopic (exact) mass is 390 g/mol. The maximum Gasteiger partial charge on any atom is 0.322 e. The van der Waals surface area contributed by atoms with Crippen LogP contribution in [-0.4, -0.2) is 27.6 Å². The molecule has 1 unspecified atom stereocenters. The summed E-state index contributed by atoms with van der Waals surface area (Å²) in [5.41, 5.74) is 2.87. The van der Waals surface area contributed by atoms with Crippen molar-refractivity contribution in [3.05, 3.63) is 90.2 Å². The zero-order valence-electron chi connectivity index (χ0n) is 15.8. The van der Waals surface area contributed by atoms with E-state index in [4.69, 9.17) is 4.52 Å². The van der Waals surface area contributed by atoms with Crippen LogP contribution in [0.15, 0.2) is 77.5 Å². The highest BCUT2D eigenvalue weighted by Gasteiger charge is 2.35. The molecule has 0 fully saturated rings. The van der Waals surface area contributed by atoms with Gasteiger partial charge in [-0.1, -0.05) is 53.7 Å². The molecule has 2 aromatic carbocycles. The Morgan fingerprint density at radius 2 is 1.93 bits per heavy atom. The number of nitrogens with zero attached hydrogens (tertiary/aromatic N) is 3. The zero-order chi connectivity index (χ0) is 20.4. The number of rotatable bonds is 5. The summed E-state index contributed by atoms with van der Waals surface area (Å²) in [5, 5.41) is 7.04. The lowest BCUT2D eigenvalue weighted by Crippen LogP contribution is -2.46. The second-order valence-electron chi connectivity index (χ2n) is 6.62. The molecule has 1 N–H and O–H groups in total. The summed E-state index contributed by atoms with van der Waals surface area (Å²) >= 11 is 0. The minimum Gasteiger partial charge on any atom is -0.334 e. The number of nitrogens with one attached hydrogen (secondary N) is 1. The summed E-state index contributed by atoms with van der Waals surface area (Å²) in [6, 6.07) is 14.6. The van der Waals surface area contributed by atoms with E-state index in [1.165, 1.54) is 12.1 Å². The van der Waals surface area contributed by atoms with Crippen molar-refractivity contribution in [2.45, 2.75) is 13.0 Å². The highest BCUT2D eigenvalue weighted by molar-refractivity contribution is 5.87. The number of allylic oxidation sites excluding steroid dienone is 1. The molecule has 1 aliphatic heterocycles.